The van der Waals surface area contributed by atoms with Gasteiger partial charge in [-0.1, -0.05) is 19.1 Å². The molecule has 0 spiro atoms. The minimum Gasteiger partial charge on any atom is -0.376 e. The van der Waals surface area contributed by atoms with E-state index in [1.165, 1.54) is 6.42 Å². The molecule has 0 saturated heterocycles. The fraction of sp³-hybridized carbons (Fsp3) is 0.833. The number of hydrogen-bond donors (Lipinski definition) is 0. The first-order chi connectivity index (χ1) is 7.27. The Hall–Kier alpha value is -0.380. The van der Waals surface area contributed by atoms with Crippen molar-refractivity contribution in [3.63, 3.8) is 0 Å². The molecule has 0 fully saturated rings. The van der Waals surface area contributed by atoms with Crippen LogP contribution >= 0.6 is 0 Å². The molecule has 0 amide bonds. The highest BCUT2D eigenvalue weighted by Gasteiger charge is 2.18. The summed E-state index contributed by atoms with van der Waals surface area (Å²) in [5.74, 6) is 1.36. The predicted molar refractivity (Wildman–Crippen MR) is 59.7 cm³/mol. The largest absolute Gasteiger partial charge is 0.376 e. The van der Waals surface area contributed by atoms with Crippen LogP contribution in [0.25, 0.3) is 0 Å². The molecule has 0 bridgehead atoms. The molecule has 0 radical (unpaired) electrons. The molecule has 3 nitrogen and oxygen atoms in total. The topological polar surface area (TPSA) is 27.7 Å². The van der Waals surface area contributed by atoms with Gasteiger partial charge in [-0.15, -0.1) is 0 Å². The maximum atomic E-state index is 5.60. The van der Waals surface area contributed by atoms with Crippen molar-refractivity contribution in [2.24, 2.45) is 11.8 Å². The van der Waals surface area contributed by atoms with E-state index < -0.39 is 0 Å². The fourth-order valence-corrected chi connectivity index (χ4v) is 1.79. The summed E-state index contributed by atoms with van der Waals surface area (Å²) in [5.41, 5.74) is 0. The first-order valence-corrected chi connectivity index (χ1v) is 5.56. The normalized spacial score (nSPS) is 26.1. The average molecular weight is 214 g/mol. The SMILES string of the molecule is COC(COCC1CC=CCC1C)OC. The summed E-state index contributed by atoms with van der Waals surface area (Å²) in [6, 6.07) is 0. The van der Waals surface area contributed by atoms with Crippen LogP contribution in [0.1, 0.15) is 19.8 Å². The summed E-state index contributed by atoms with van der Waals surface area (Å²) in [7, 11) is 3.26. The third-order valence-electron chi connectivity index (χ3n) is 3.03. The van der Waals surface area contributed by atoms with E-state index in [4.69, 9.17) is 14.2 Å². The second-order valence-corrected chi connectivity index (χ2v) is 4.12. The molecule has 88 valence electrons. The van der Waals surface area contributed by atoms with Crippen molar-refractivity contribution in [3.05, 3.63) is 12.2 Å². The summed E-state index contributed by atoms with van der Waals surface area (Å²) < 4.78 is 15.7. The van der Waals surface area contributed by atoms with E-state index in [9.17, 15) is 0 Å². The zero-order valence-electron chi connectivity index (χ0n) is 9.94. The number of allylic oxidation sites excluding steroid dienone is 2. The standard InChI is InChI=1S/C12H22O3/c1-10-6-4-5-7-11(10)8-15-9-12(13-2)14-3/h4-5,10-12H,6-9H2,1-3H3. The Morgan fingerprint density at radius 1 is 1.20 bits per heavy atom. The molecule has 0 aromatic heterocycles. The van der Waals surface area contributed by atoms with Gasteiger partial charge in [0.1, 0.15) is 0 Å². The highest BCUT2D eigenvalue weighted by molar-refractivity contribution is 4.93. The Morgan fingerprint density at radius 3 is 2.47 bits per heavy atom. The first kappa shape index (κ1) is 12.7. The molecule has 0 N–H and O–H groups in total. The van der Waals surface area contributed by atoms with Crippen molar-refractivity contribution in [1.82, 2.24) is 0 Å². The lowest BCUT2D eigenvalue weighted by Crippen LogP contribution is -2.25. The van der Waals surface area contributed by atoms with E-state index >= 15 is 0 Å². The van der Waals surface area contributed by atoms with Crippen molar-refractivity contribution in [1.29, 1.82) is 0 Å². The van der Waals surface area contributed by atoms with Gasteiger partial charge in [0.15, 0.2) is 6.29 Å². The molecule has 1 rings (SSSR count). The summed E-state index contributed by atoms with van der Waals surface area (Å²) in [4.78, 5) is 0. The molecular formula is C12H22O3. The van der Waals surface area contributed by atoms with E-state index in [-0.39, 0.29) is 6.29 Å². The summed E-state index contributed by atoms with van der Waals surface area (Å²) in [6.45, 7) is 3.59. The smallest absolute Gasteiger partial charge is 0.180 e. The van der Waals surface area contributed by atoms with E-state index in [2.05, 4.69) is 19.1 Å². The van der Waals surface area contributed by atoms with Crippen molar-refractivity contribution in [3.8, 4) is 0 Å². The number of hydrogen-bond acceptors (Lipinski definition) is 3. The average Bonchev–Trinajstić information content (AvgIpc) is 2.27. The van der Waals surface area contributed by atoms with Gasteiger partial charge < -0.3 is 14.2 Å². The molecule has 0 aromatic rings. The van der Waals surface area contributed by atoms with Crippen molar-refractivity contribution in [2.45, 2.75) is 26.1 Å². The lowest BCUT2D eigenvalue weighted by Gasteiger charge is -2.25. The zero-order valence-corrected chi connectivity index (χ0v) is 9.94. The van der Waals surface area contributed by atoms with Gasteiger partial charge in [-0.3, -0.25) is 0 Å². The van der Waals surface area contributed by atoms with Crippen molar-refractivity contribution < 1.29 is 14.2 Å². The lowest BCUT2D eigenvalue weighted by atomic mass is 9.85. The van der Waals surface area contributed by atoms with Gasteiger partial charge >= 0.3 is 0 Å². The monoisotopic (exact) mass is 214 g/mol. The van der Waals surface area contributed by atoms with Crippen molar-refractivity contribution >= 4 is 0 Å². The predicted octanol–water partition coefficient (Wildman–Crippen LogP) is 2.22. The maximum absolute atomic E-state index is 5.60. The molecule has 15 heavy (non-hydrogen) atoms. The van der Waals surface area contributed by atoms with Gasteiger partial charge in [0, 0.05) is 14.2 Å². The van der Waals surface area contributed by atoms with E-state index in [0.717, 1.165) is 18.9 Å². The van der Waals surface area contributed by atoms with Crippen LogP contribution in [0.2, 0.25) is 0 Å². The van der Waals surface area contributed by atoms with Gasteiger partial charge in [-0.25, -0.2) is 0 Å². The Labute approximate surface area is 92.4 Å². The molecule has 2 atom stereocenters. The zero-order chi connectivity index (χ0) is 11.1. The molecule has 0 aromatic carbocycles. The molecule has 2 unspecified atom stereocenters. The molecule has 0 aliphatic heterocycles. The van der Waals surface area contributed by atoms with Crippen LogP contribution in [-0.2, 0) is 14.2 Å². The Kier molecular flexibility index (Phi) is 5.91. The van der Waals surface area contributed by atoms with Gasteiger partial charge in [0.25, 0.3) is 0 Å². The minimum absolute atomic E-state index is 0.237. The van der Waals surface area contributed by atoms with Crippen LogP contribution in [0, 0.1) is 11.8 Å². The second kappa shape index (κ2) is 6.99. The minimum atomic E-state index is -0.237. The molecule has 3 heteroatoms. The van der Waals surface area contributed by atoms with E-state index in [1.54, 1.807) is 14.2 Å². The maximum Gasteiger partial charge on any atom is 0.180 e. The summed E-state index contributed by atoms with van der Waals surface area (Å²) >= 11 is 0. The van der Waals surface area contributed by atoms with Crippen LogP contribution in [0.3, 0.4) is 0 Å². The molecular weight excluding hydrogens is 192 g/mol. The van der Waals surface area contributed by atoms with Crippen LogP contribution in [0.15, 0.2) is 12.2 Å². The summed E-state index contributed by atoms with van der Waals surface area (Å²) in [6.07, 6.45) is 6.57. The molecule has 1 aliphatic rings. The van der Waals surface area contributed by atoms with Gasteiger partial charge in [0.2, 0.25) is 0 Å². The Morgan fingerprint density at radius 2 is 1.87 bits per heavy atom. The van der Waals surface area contributed by atoms with Crippen LogP contribution < -0.4 is 0 Å². The summed E-state index contributed by atoms with van der Waals surface area (Å²) in [5, 5.41) is 0. The Balaban J connectivity index is 2.16. The van der Waals surface area contributed by atoms with Gasteiger partial charge in [-0.2, -0.15) is 0 Å². The van der Waals surface area contributed by atoms with Gasteiger partial charge in [0.05, 0.1) is 13.2 Å². The van der Waals surface area contributed by atoms with Crippen molar-refractivity contribution in [2.75, 3.05) is 27.4 Å². The molecule has 1 aliphatic carbocycles. The molecule has 0 saturated carbocycles. The van der Waals surface area contributed by atoms with Crippen LogP contribution in [0.4, 0.5) is 0 Å². The highest BCUT2D eigenvalue weighted by atomic mass is 16.7. The lowest BCUT2D eigenvalue weighted by molar-refractivity contribution is -0.144. The number of ether oxygens (including phenoxy) is 3. The van der Waals surface area contributed by atoms with Gasteiger partial charge in [-0.05, 0) is 24.7 Å². The van der Waals surface area contributed by atoms with E-state index in [0.29, 0.717) is 12.5 Å². The second-order valence-electron chi connectivity index (χ2n) is 4.12. The highest BCUT2D eigenvalue weighted by Crippen LogP contribution is 2.24. The fourth-order valence-electron chi connectivity index (χ4n) is 1.79. The van der Waals surface area contributed by atoms with E-state index in [1.807, 2.05) is 0 Å². The first-order valence-electron chi connectivity index (χ1n) is 5.56. The number of methoxy groups -OCH3 is 2. The third kappa shape index (κ3) is 4.33. The quantitative estimate of drug-likeness (QED) is 0.501. The van der Waals surface area contributed by atoms with Crippen LogP contribution in [0.5, 0.6) is 0 Å². The number of rotatable bonds is 6. The third-order valence-corrected chi connectivity index (χ3v) is 3.03. The Bertz CT molecular complexity index is 187. The molecule has 0 heterocycles. The van der Waals surface area contributed by atoms with Crippen LogP contribution in [-0.4, -0.2) is 33.7 Å².